The van der Waals surface area contributed by atoms with Gasteiger partial charge in [0.2, 0.25) is 5.13 Å². The molecule has 26 heavy (non-hydrogen) atoms. The molecule has 8 nitrogen and oxygen atoms in total. The zero-order valence-electron chi connectivity index (χ0n) is 15.3. The number of nitrogens with one attached hydrogen (secondary N) is 1. The van der Waals surface area contributed by atoms with E-state index in [0.717, 1.165) is 31.5 Å². The number of nitrogens with zero attached hydrogens (tertiary/aromatic N) is 5. The van der Waals surface area contributed by atoms with E-state index in [1.807, 2.05) is 26.8 Å². The highest BCUT2D eigenvalue weighted by atomic mass is 32.1. The molecule has 0 radical (unpaired) electrons. The third kappa shape index (κ3) is 5.35. The summed E-state index contributed by atoms with van der Waals surface area (Å²) in [6, 6.07) is 1.92. The van der Waals surface area contributed by atoms with Crippen molar-refractivity contribution >= 4 is 28.4 Å². The van der Waals surface area contributed by atoms with Crippen LogP contribution in [0.4, 0.5) is 15.7 Å². The molecule has 1 aliphatic heterocycles. The van der Waals surface area contributed by atoms with Gasteiger partial charge in [0.15, 0.2) is 0 Å². The SMILES string of the molecule is CC(C)(C)OC(=O)N1CCC[C@H](Cc2cc(Nc3nncs3)ncn2)C1. The van der Waals surface area contributed by atoms with E-state index in [-0.39, 0.29) is 6.09 Å². The zero-order chi connectivity index (χ0) is 18.6. The average molecular weight is 376 g/mol. The lowest BCUT2D eigenvalue weighted by atomic mass is 9.93. The minimum atomic E-state index is -0.470. The number of rotatable bonds is 4. The summed E-state index contributed by atoms with van der Waals surface area (Å²) in [6.07, 6.45) is 4.16. The fraction of sp³-hybridized carbons (Fsp3) is 0.588. The highest BCUT2D eigenvalue weighted by molar-refractivity contribution is 7.13. The van der Waals surface area contributed by atoms with E-state index in [1.54, 1.807) is 16.7 Å². The maximum atomic E-state index is 12.3. The molecule has 2 aromatic heterocycles. The summed E-state index contributed by atoms with van der Waals surface area (Å²) >= 11 is 1.42. The number of hydrogen-bond donors (Lipinski definition) is 1. The molecule has 0 aromatic carbocycles. The zero-order valence-corrected chi connectivity index (χ0v) is 16.1. The average Bonchev–Trinajstić information content (AvgIpc) is 3.07. The Morgan fingerprint density at radius 2 is 2.27 bits per heavy atom. The van der Waals surface area contributed by atoms with Crippen molar-refractivity contribution in [2.24, 2.45) is 5.92 Å². The molecule has 1 saturated heterocycles. The predicted molar refractivity (Wildman–Crippen MR) is 99.5 cm³/mol. The van der Waals surface area contributed by atoms with E-state index >= 15 is 0 Å². The molecule has 9 heteroatoms. The summed E-state index contributed by atoms with van der Waals surface area (Å²) in [5.74, 6) is 1.06. The topological polar surface area (TPSA) is 93.1 Å². The Labute approximate surface area is 157 Å². The number of likely N-dealkylation sites (tertiary alicyclic amines) is 1. The molecule has 0 saturated carbocycles. The van der Waals surface area contributed by atoms with Crippen molar-refractivity contribution < 1.29 is 9.53 Å². The van der Waals surface area contributed by atoms with E-state index in [4.69, 9.17) is 4.74 Å². The molecule has 3 heterocycles. The molecular weight excluding hydrogens is 352 g/mol. The van der Waals surface area contributed by atoms with Crippen LogP contribution >= 0.6 is 11.3 Å². The second kappa shape index (κ2) is 7.94. The van der Waals surface area contributed by atoms with Crippen molar-refractivity contribution in [1.29, 1.82) is 0 Å². The highest BCUT2D eigenvalue weighted by Crippen LogP contribution is 2.23. The van der Waals surface area contributed by atoms with Gasteiger partial charge in [0.1, 0.15) is 23.3 Å². The second-order valence-electron chi connectivity index (χ2n) is 7.40. The van der Waals surface area contributed by atoms with Crippen molar-refractivity contribution in [2.45, 2.75) is 45.6 Å². The fourth-order valence-electron chi connectivity index (χ4n) is 2.93. The Morgan fingerprint density at radius 1 is 1.42 bits per heavy atom. The Balaban J connectivity index is 1.59. The first kappa shape index (κ1) is 18.5. The molecular formula is C17H24N6O2S. The lowest BCUT2D eigenvalue weighted by Gasteiger charge is -2.34. The van der Waals surface area contributed by atoms with E-state index in [2.05, 4.69) is 25.5 Å². The van der Waals surface area contributed by atoms with Gasteiger partial charge >= 0.3 is 6.09 Å². The monoisotopic (exact) mass is 376 g/mol. The molecule has 0 aliphatic carbocycles. The Kier molecular flexibility index (Phi) is 5.65. The van der Waals surface area contributed by atoms with Crippen LogP contribution < -0.4 is 5.32 Å². The molecule has 3 rings (SSSR count). The van der Waals surface area contributed by atoms with Gasteiger partial charge in [-0.2, -0.15) is 0 Å². The Morgan fingerprint density at radius 3 is 3.00 bits per heavy atom. The van der Waals surface area contributed by atoms with Crippen LogP contribution in [-0.4, -0.2) is 49.8 Å². The minimum Gasteiger partial charge on any atom is -0.444 e. The molecule has 2 aromatic rings. The summed E-state index contributed by atoms with van der Waals surface area (Å²) in [5, 5.41) is 11.6. The normalized spacial score (nSPS) is 17.8. The van der Waals surface area contributed by atoms with E-state index in [0.29, 0.717) is 23.4 Å². The van der Waals surface area contributed by atoms with Crippen molar-refractivity contribution in [1.82, 2.24) is 25.1 Å². The van der Waals surface area contributed by atoms with Gasteiger partial charge in [-0.15, -0.1) is 10.2 Å². The maximum Gasteiger partial charge on any atom is 0.410 e. The smallest absolute Gasteiger partial charge is 0.410 e. The van der Waals surface area contributed by atoms with Gasteiger partial charge in [-0.05, 0) is 46.0 Å². The molecule has 0 spiro atoms. The molecule has 0 bridgehead atoms. The summed E-state index contributed by atoms with van der Waals surface area (Å²) in [6.45, 7) is 7.11. The van der Waals surface area contributed by atoms with Crippen molar-refractivity contribution in [3.05, 3.63) is 23.6 Å². The number of carbonyl (C=O) groups excluding carboxylic acids is 1. The van der Waals surface area contributed by atoms with Gasteiger partial charge in [0.05, 0.1) is 0 Å². The first-order valence-electron chi connectivity index (χ1n) is 8.71. The van der Waals surface area contributed by atoms with Crippen LogP contribution in [0, 0.1) is 5.92 Å². The maximum absolute atomic E-state index is 12.3. The predicted octanol–water partition coefficient (Wildman–Crippen LogP) is 3.26. The molecule has 1 N–H and O–H groups in total. The number of carbonyl (C=O) groups is 1. The quantitative estimate of drug-likeness (QED) is 0.875. The molecule has 1 aliphatic rings. The van der Waals surface area contributed by atoms with E-state index in [1.165, 1.54) is 11.3 Å². The van der Waals surface area contributed by atoms with Crippen LogP contribution in [0.2, 0.25) is 0 Å². The van der Waals surface area contributed by atoms with Crippen molar-refractivity contribution in [3.8, 4) is 0 Å². The minimum absolute atomic E-state index is 0.233. The summed E-state index contributed by atoms with van der Waals surface area (Å²) in [7, 11) is 0. The molecule has 0 unspecified atom stereocenters. The van der Waals surface area contributed by atoms with Crippen LogP contribution in [0.15, 0.2) is 17.9 Å². The number of amides is 1. The summed E-state index contributed by atoms with van der Waals surface area (Å²) in [5.41, 5.74) is 2.14. The number of ether oxygens (including phenoxy) is 1. The van der Waals surface area contributed by atoms with Crippen molar-refractivity contribution in [3.63, 3.8) is 0 Å². The van der Waals surface area contributed by atoms with Gasteiger partial charge < -0.3 is 15.0 Å². The van der Waals surface area contributed by atoms with Crippen LogP contribution in [-0.2, 0) is 11.2 Å². The second-order valence-corrected chi connectivity index (χ2v) is 8.24. The first-order valence-corrected chi connectivity index (χ1v) is 9.59. The molecule has 1 atom stereocenters. The Hall–Kier alpha value is -2.29. The number of anilines is 2. The summed E-state index contributed by atoms with van der Waals surface area (Å²) in [4.78, 5) is 22.7. The summed E-state index contributed by atoms with van der Waals surface area (Å²) < 4.78 is 5.49. The largest absolute Gasteiger partial charge is 0.444 e. The van der Waals surface area contributed by atoms with Gasteiger partial charge in [-0.1, -0.05) is 11.3 Å². The molecule has 1 fully saturated rings. The third-order valence-corrected chi connectivity index (χ3v) is 4.59. The van der Waals surface area contributed by atoms with Gasteiger partial charge in [0, 0.05) is 24.8 Å². The number of aromatic nitrogens is 4. The van der Waals surface area contributed by atoms with Gasteiger partial charge in [0.25, 0.3) is 0 Å². The van der Waals surface area contributed by atoms with E-state index in [9.17, 15) is 4.79 Å². The van der Waals surface area contributed by atoms with Gasteiger partial charge in [-0.25, -0.2) is 14.8 Å². The van der Waals surface area contributed by atoms with Crippen molar-refractivity contribution in [2.75, 3.05) is 18.4 Å². The Bertz CT molecular complexity index is 731. The fourth-order valence-corrected chi connectivity index (χ4v) is 3.39. The standard InChI is InChI=1S/C17H24N6O2S/c1-17(2,3)25-16(24)23-6-4-5-12(9-23)7-13-8-14(19-10-18-13)21-15-22-20-11-26-15/h8,10-12H,4-7,9H2,1-3H3,(H,18,19,21,22)/t12-/m1/s1. The van der Waals surface area contributed by atoms with E-state index < -0.39 is 5.60 Å². The lowest BCUT2D eigenvalue weighted by Crippen LogP contribution is -2.43. The van der Waals surface area contributed by atoms with Crippen LogP contribution in [0.1, 0.15) is 39.3 Å². The number of piperidine rings is 1. The molecule has 140 valence electrons. The number of hydrogen-bond acceptors (Lipinski definition) is 8. The lowest BCUT2D eigenvalue weighted by molar-refractivity contribution is 0.0165. The first-order chi connectivity index (χ1) is 12.4. The highest BCUT2D eigenvalue weighted by Gasteiger charge is 2.27. The van der Waals surface area contributed by atoms with Gasteiger partial charge in [-0.3, -0.25) is 0 Å². The third-order valence-electron chi connectivity index (χ3n) is 3.99. The van der Waals surface area contributed by atoms with Crippen LogP contribution in [0.3, 0.4) is 0 Å². The molecule has 1 amide bonds. The van der Waals surface area contributed by atoms with Crippen LogP contribution in [0.25, 0.3) is 0 Å². The van der Waals surface area contributed by atoms with Crippen LogP contribution in [0.5, 0.6) is 0 Å².